The summed E-state index contributed by atoms with van der Waals surface area (Å²) in [7, 11) is 1.79. The first-order valence-electron chi connectivity index (χ1n) is 10.9. The molecule has 3 aromatic rings. The zero-order chi connectivity index (χ0) is 22.7. The Morgan fingerprint density at radius 2 is 1.97 bits per heavy atom. The van der Waals surface area contributed by atoms with Gasteiger partial charge in [-0.25, -0.2) is 9.97 Å². The number of anilines is 3. The first kappa shape index (κ1) is 21.8. The van der Waals surface area contributed by atoms with Crippen LogP contribution in [0.15, 0.2) is 54.7 Å². The summed E-state index contributed by atoms with van der Waals surface area (Å²) in [4.78, 5) is 21.8. The second-order valence-electron chi connectivity index (χ2n) is 8.78. The lowest BCUT2D eigenvalue weighted by molar-refractivity contribution is 0.102. The Hall–Kier alpha value is -3.45. The molecule has 0 spiro atoms. The van der Waals surface area contributed by atoms with Crippen molar-refractivity contribution in [1.29, 1.82) is 0 Å². The summed E-state index contributed by atoms with van der Waals surface area (Å²) in [5.41, 5.74) is 5.60. The first-order chi connectivity index (χ1) is 15.4. The van der Waals surface area contributed by atoms with Crippen molar-refractivity contribution < 1.29 is 4.79 Å². The van der Waals surface area contributed by atoms with E-state index in [1.54, 1.807) is 13.2 Å². The van der Waals surface area contributed by atoms with Crippen LogP contribution in [0, 0.1) is 0 Å². The monoisotopic (exact) mass is 430 g/mol. The van der Waals surface area contributed by atoms with Gasteiger partial charge >= 0.3 is 0 Å². The SMILES string of the molecule is CNc1nccc(C(C)Nc2ccccc2C(=O)Nc2ccc3c(c2)CNCC3(C)C)n1. The van der Waals surface area contributed by atoms with Gasteiger partial charge in [0.15, 0.2) is 0 Å². The zero-order valence-electron chi connectivity index (χ0n) is 19.0. The number of benzene rings is 2. The van der Waals surface area contributed by atoms with Crippen molar-refractivity contribution in [3.63, 3.8) is 0 Å². The third-order valence-corrected chi connectivity index (χ3v) is 5.86. The van der Waals surface area contributed by atoms with Gasteiger partial charge < -0.3 is 21.3 Å². The van der Waals surface area contributed by atoms with Crippen LogP contribution in [0.25, 0.3) is 0 Å². The molecule has 2 aromatic carbocycles. The van der Waals surface area contributed by atoms with Crippen molar-refractivity contribution in [1.82, 2.24) is 15.3 Å². The topological polar surface area (TPSA) is 91.0 Å². The maximum Gasteiger partial charge on any atom is 0.257 e. The van der Waals surface area contributed by atoms with E-state index >= 15 is 0 Å². The molecule has 32 heavy (non-hydrogen) atoms. The molecule has 1 atom stereocenters. The van der Waals surface area contributed by atoms with Gasteiger partial charge in [0.05, 0.1) is 17.3 Å². The molecule has 7 heteroatoms. The van der Waals surface area contributed by atoms with Crippen molar-refractivity contribution in [2.75, 3.05) is 29.5 Å². The van der Waals surface area contributed by atoms with E-state index in [1.807, 2.05) is 43.3 Å². The number of rotatable bonds is 6. The number of fused-ring (bicyclic) bond motifs is 1. The van der Waals surface area contributed by atoms with Crippen LogP contribution in [-0.4, -0.2) is 29.5 Å². The minimum Gasteiger partial charge on any atom is -0.376 e. The number of hydrogen-bond donors (Lipinski definition) is 4. The summed E-state index contributed by atoms with van der Waals surface area (Å²) in [6, 6.07) is 15.5. The van der Waals surface area contributed by atoms with Crippen molar-refractivity contribution in [3.05, 3.63) is 77.1 Å². The summed E-state index contributed by atoms with van der Waals surface area (Å²) in [6.45, 7) is 8.23. The highest BCUT2D eigenvalue weighted by atomic mass is 16.1. The summed E-state index contributed by atoms with van der Waals surface area (Å²) in [5.74, 6) is 0.411. The van der Waals surface area contributed by atoms with Crippen molar-refractivity contribution in [2.45, 2.75) is 38.8 Å². The Kier molecular flexibility index (Phi) is 6.10. The number of para-hydroxylation sites is 1. The van der Waals surface area contributed by atoms with Crippen molar-refractivity contribution in [2.24, 2.45) is 0 Å². The van der Waals surface area contributed by atoms with E-state index in [0.717, 1.165) is 30.2 Å². The largest absolute Gasteiger partial charge is 0.376 e. The van der Waals surface area contributed by atoms with E-state index < -0.39 is 0 Å². The summed E-state index contributed by atoms with van der Waals surface area (Å²) >= 11 is 0. The summed E-state index contributed by atoms with van der Waals surface area (Å²) in [6.07, 6.45) is 1.72. The molecule has 4 rings (SSSR count). The van der Waals surface area contributed by atoms with Gasteiger partial charge in [0.1, 0.15) is 0 Å². The molecule has 1 unspecified atom stereocenters. The molecule has 1 aromatic heterocycles. The van der Waals surface area contributed by atoms with Crippen LogP contribution in [0.5, 0.6) is 0 Å². The van der Waals surface area contributed by atoms with Gasteiger partial charge in [0.2, 0.25) is 5.95 Å². The van der Waals surface area contributed by atoms with Gasteiger partial charge in [-0.1, -0.05) is 32.0 Å². The van der Waals surface area contributed by atoms with Crippen LogP contribution >= 0.6 is 0 Å². The molecule has 7 nitrogen and oxygen atoms in total. The summed E-state index contributed by atoms with van der Waals surface area (Å²) < 4.78 is 0. The van der Waals surface area contributed by atoms with E-state index in [4.69, 9.17) is 0 Å². The normalized spacial score (nSPS) is 15.4. The lowest BCUT2D eigenvalue weighted by atomic mass is 9.79. The lowest BCUT2D eigenvalue weighted by Gasteiger charge is -2.33. The average Bonchev–Trinajstić information content (AvgIpc) is 2.79. The second-order valence-corrected chi connectivity index (χ2v) is 8.78. The zero-order valence-corrected chi connectivity index (χ0v) is 19.0. The summed E-state index contributed by atoms with van der Waals surface area (Å²) in [5, 5.41) is 12.9. The van der Waals surface area contributed by atoms with Crippen LogP contribution in [0.2, 0.25) is 0 Å². The highest BCUT2D eigenvalue weighted by Gasteiger charge is 2.27. The average molecular weight is 431 g/mol. The van der Waals surface area contributed by atoms with E-state index in [9.17, 15) is 4.79 Å². The fourth-order valence-corrected chi connectivity index (χ4v) is 4.13. The molecule has 0 saturated heterocycles. The van der Waals surface area contributed by atoms with Crippen LogP contribution in [0.4, 0.5) is 17.3 Å². The van der Waals surface area contributed by atoms with Crippen molar-refractivity contribution in [3.8, 4) is 0 Å². The lowest BCUT2D eigenvalue weighted by Crippen LogP contribution is -2.38. The highest BCUT2D eigenvalue weighted by Crippen LogP contribution is 2.31. The molecule has 2 heterocycles. The fourth-order valence-electron chi connectivity index (χ4n) is 4.13. The Bertz CT molecular complexity index is 1130. The maximum absolute atomic E-state index is 13.1. The van der Waals surface area contributed by atoms with Crippen LogP contribution in [0.1, 0.15) is 54.0 Å². The van der Waals surface area contributed by atoms with E-state index in [1.165, 1.54) is 11.1 Å². The van der Waals surface area contributed by atoms with Gasteiger partial charge in [-0.3, -0.25) is 4.79 Å². The van der Waals surface area contributed by atoms with Crippen LogP contribution in [-0.2, 0) is 12.0 Å². The van der Waals surface area contributed by atoms with E-state index in [0.29, 0.717) is 11.5 Å². The van der Waals surface area contributed by atoms with Crippen LogP contribution in [0.3, 0.4) is 0 Å². The van der Waals surface area contributed by atoms with Gasteiger partial charge in [0, 0.05) is 43.1 Å². The number of amides is 1. The molecule has 1 aliphatic rings. The number of hydrogen-bond acceptors (Lipinski definition) is 6. The quantitative estimate of drug-likeness (QED) is 0.466. The standard InChI is InChI=1S/C25H30N6O/c1-16(21-11-12-28-24(26-4)31-21)29-22-8-6-5-7-19(22)23(32)30-18-9-10-20-17(13-18)14-27-15-25(20,2)3/h5-13,16,27,29H,14-15H2,1-4H3,(H,30,32)(H,26,28,31). The number of carbonyl (C=O) groups is 1. The molecular formula is C25H30N6O. The first-order valence-corrected chi connectivity index (χ1v) is 10.9. The molecule has 0 bridgehead atoms. The Morgan fingerprint density at radius 3 is 2.78 bits per heavy atom. The second kappa shape index (κ2) is 8.96. The Labute approximate surface area is 189 Å². The third kappa shape index (κ3) is 4.57. The smallest absolute Gasteiger partial charge is 0.257 e. The molecule has 0 radical (unpaired) electrons. The molecule has 0 aliphatic carbocycles. The minimum atomic E-state index is -0.151. The molecule has 1 aliphatic heterocycles. The molecular weight excluding hydrogens is 400 g/mol. The fraction of sp³-hybridized carbons (Fsp3) is 0.320. The minimum absolute atomic E-state index is 0.0803. The number of nitrogens with one attached hydrogen (secondary N) is 4. The van der Waals surface area contributed by atoms with E-state index in [2.05, 4.69) is 57.2 Å². The predicted molar refractivity (Wildman–Crippen MR) is 129 cm³/mol. The number of nitrogens with zero attached hydrogens (tertiary/aromatic N) is 2. The predicted octanol–water partition coefficient (Wildman–Crippen LogP) is 4.32. The maximum atomic E-state index is 13.1. The molecule has 0 saturated carbocycles. The van der Waals surface area contributed by atoms with Crippen LogP contribution < -0.4 is 21.3 Å². The molecule has 0 fully saturated rings. The van der Waals surface area contributed by atoms with Gasteiger partial charge in [-0.05, 0) is 48.4 Å². The molecule has 4 N–H and O–H groups in total. The van der Waals surface area contributed by atoms with E-state index in [-0.39, 0.29) is 17.4 Å². The number of aromatic nitrogens is 2. The third-order valence-electron chi connectivity index (χ3n) is 5.86. The van der Waals surface area contributed by atoms with Gasteiger partial charge in [0.25, 0.3) is 5.91 Å². The number of carbonyl (C=O) groups excluding carboxylic acids is 1. The van der Waals surface area contributed by atoms with Gasteiger partial charge in [-0.15, -0.1) is 0 Å². The molecule has 1 amide bonds. The Balaban J connectivity index is 1.53. The highest BCUT2D eigenvalue weighted by molar-refractivity contribution is 6.08. The van der Waals surface area contributed by atoms with Crippen molar-refractivity contribution >= 4 is 23.2 Å². The Morgan fingerprint density at radius 1 is 1.16 bits per heavy atom. The molecule has 166 valence electrons. The van der Waals surface area contributed by atoms with Gasteiger partial charge in [-0.2, -0.15) is 0 Å².